The van der Waals surface area contributed by atoms with Crippen LogP contribution in [0.5, 0.6) is 5.88 Å². The molecule has 0 bridgehead atoms. The Balaban J connectivity index is 1.69. The SMILES string of the molecule is Cc1nn(-c2ccc3ccccc3c2)c2c1[C@@H](c1ccc(C(=O)O)cc1)C(C#N)=C(N)O2. The zero-order valence-electron chi connectivity index (χ0n) is 17.1. The Morgan fingerprint density at radius 1 is 1.12 bits per heavy atom. The quantitative estimate of drug-likeness (QED) is 0.510. The summed E-state index contributed by atoms with van der Waals surface area (Å²) >= 11 is 0. The van der Waals surface area contributed by atoms with Crippen molar-refractivity contribution in [2.75, 3.05) is 0 Å². The van der Waals surface area contributed by atoms with Crippen LogP contribution in [0.25, 0.3) is 16.5 Å². The molecule has 0 saturated heterocycles. The number of hydrogen-bond acceptors (Lipinski definition) is 5. The Kier molecular flexibility index (Phi) is 4.42. The highest BCUT2D eigenvalue weighted by molar-refractivity contribution is 5.87. The minimum absolute atomic E-state index is 0.00857. The van der Waals surface area contributed by atoms with Gasteiger partial charge in [0.25, 0.3) is 0 Å². The Labute approximate surface area is 183 Å². The third-order valence-corrected chi connectivity index (χ3v) is 5.70. The number of nitrogens with zero attached hydrogens (tertiary/aromatic N) is 3. The van der Waals surface area contributed by atoms with Crippen LogP contribution in [0, 0.1) is 18.3 Å². The molecule has 7 heteroatoms. The van der Waals surface area contributed by atoms with E-state index < -0.39 is 11.9 Å². The minimum atomic E-state index is -1.01. The summed E-state index contributed by atoms with van der Waals surface area (Å²) in [6.07, 6.45) is 0. The van der Waals surface area contributed by atoms with Gasteiger partial charge in [-0.15, -0.1) is 0 Å². The first-order valence-corrected chi connectivity index (χ1v) is 9.97. The van der Waals surface area contributed by atoms with E-state index in [-0.39, 0.29) is 17.0 Å². The molecule has 0 aliphatic carbocycles. The number of carboxylic acids is 1. The summed E-state index contributed by atoms with van der Waals surface area (Å²) in [6.45, 7) is 1.86. The number of ether oxygens (including phenoxy) is 1. The third-order valence-electron chi connectivity index (χ3n) is 5.70. The van der Waals surface area contributed by atoms with Crippen molar-refractivity contribution >= 4 is 16.7 Å². The molecule has 156 valence electrons. The lowest BCUT2D eigenvalue weighted by molar-refractivity contribution is 0.0697. The lowest BCUT2D eigenvalue weighted by atomic mass is 9.84. The molecule has 0 unspecified atom stereocenters. The Morgan fingerprint density at radius 3 is 2.53 bits per heavy atom. The first-order valence-electron chi connectivity index (χ1n) is 9.97. The standard InChI is InChI=1S/C25H18N4O3/c1-14-21-22(16-6-8-17(9-7-16)25(30)31)20(13-26)23(27)32-24(21)29(28-14)19-11-10-15-4-2-3-5-18(15)12-19/h2-12,22H,27H2,1H3,(H,30,31)/t22-/m0/s1. The first kappa shape index (κ1) is 19.4. The smallest absolute Gasteiger partial charge is 0.335 e. The average molecular weight is 422 g/mol. The number of carboxylic acid groups (broad SMARTS) is 1. The van der Waals surface area contributed by atoms with E-state index in [0.717, 1.165) is 27.6 Å². The number of aromatic nitrogens is 2. The molecule has 0 spiro atoms. The van der Waals surface area contributed by atoms with E-state index in [0.29, 0.717) is 11.6 Å². The normalized spacial score (nSPS) is 15.2. The average Bonchev–Trinajstić information content (AvgIpc) is 3.13. The maximum atomic E-state index is 11.3. The molecule has 3 N–H and O–H groups in total. The largest absolute Gasteiger partial charge is 0.478 e. The van der Waals surface area contributed by atoms with Gasteiger partial charge < -0.3 is 15.6 Å². The van der Waals surface area contributed by atoms with Gasteiger partial charge >= 0.3 is 5.97 Å². The molecular formula is C25H18N4O3. The van der Waals surface area contributed by atoms with Crippen LogP contribution >= 0.6 is 0 Å². The summed E-state index contributed by atoms with van der Waals surface area (Å²) in [5.74, 6) is -1.07. The summed E-state index contributed by atoms with van der Waals surface area (Å²) in [4.78, 5) is 11.3. The van der Waals surface area contributed by atoms with E-state index in [4.69, 9.17) is 15.6 Å². The molecule has 1 atom stereocenters. The molecular weight excluding hydrogens is 404 g/mol. The van der Waals surface area contributed by atoms with E-state index in [1.165, 1.54) is 12.1 Å². The van der Waals surface area contributed by atoms with Crippen molar-refractivity contribution < 1.29 is 14.6 Å². The van der Waals surface area contributed by atoms with Gasteiger partial charge in [-0.05, 0) is 47.5 Å². The Bertz CT molecular complexity index is 1460. The molecule has 7 nitrogen and oxygen atoms in total. The number of aromatic carboxylic acids is 1. The maximum Gasteiger partial charge on any atom is 0.335 e. The second-order valence-electron chi connectivity index (χ2n) is 7.60. The molecule has 4 aromatic rings. The summed E-state index contributed by atoms with van der Waals surface area (Å²) in [7, 11) is 0. The van der Waals surface area contributed by atoms with Gasteiger partial charge in [0.1, 0.15) is 11.6 Å². The fourth-order valence-electron chi connectivity index (χ4n) is 4.15. The van der Waals surface area contributed by atoms with Gasteiger partial charge in [0, 0.05) is 0 Å². The first-order chi connectivity index (χ1) is 15.5. The van der Waals surface area contributed by atoms with E-state index in [1.54, 1.807) is 16.8 Å². The number of hydrogen-bond donors (Lipinski definition) is 2. The van der Waals surface area contributed by atoms with E-state index in [1.807, 2.05) is 49.4 Å². The second-order valence-corrected chi connectivity index (χ2v) is 7.60. The lowest BCUT2D eigenvalue weighted by Gasteiger charge is -2.25. The molecule has 1 aromatic heterocycles. The maximum absolute atomic E-state index is 11.3. The summed E-state index contributed by atoms with van der Waals surface area (Å²) in [6, 6.07) is 22.6. The molecule has 5 rings (SSSR count). The number of benzene rings is 3. The number of aryl methyl sites for hydroxylation is 1. The van der Waals surface area contributed by atoms with Crippen molar-refractivity contribution in [3.63, 3.8) is 0 Å². The molecule has 0 fully saturated rings. The van der Waals surface area contributed by atoms with Crippen molar-refractivity contribution in [2.45, 2.75) is 12.8 Å². The predicted molar refractivity (Wildman–Crippen MR) is 119 cm³/mol. The highest BCUT2D eigenvalue weighted by Gasteiger charge is 2.36. The predicted octanol–water partition coefficient (Wildman–Crippen LogP) is 4.25. The van der Waals surface area contributed by atoms with Gasteiger partial charge in [0.15, 0.2) is 0 Å². The van der Waals surface area contributed by atoms with Gasteiger partial charge in [-0.25, -0.2) is 9.48 Å². The Hall–Kier alpha value is -4.57. The highest BCUT2D eigenvalue weighted by Crippen LogP contribution is 2.44. The molecule has 3 aromatic carbocycles. The minimum Gasteiger partial charge on any atom is -0.478 e. The fourth-order valence-corrected chi connectivity index (χ4v) is 4.15. The van der Waals surface area contributed by atoms with Gasteiger partial charge in [-0.1, -0.05) is 42.5 Å². The summed E-state index contributed by atoms with van der Waals surface area (Å²) in [5.41, 5.74) is 9.56. The number of allylic oxidation sites excluding steroid dienone is 1. The molecule has 0 amide bonds. The molecule has 0 radical (unpaired) electrons. The van der Waals surface area contributed by atoms with Crippen LogP contribution in [0.15, 0.2) is 78.2 Å². The zero-order valence-corrected chi connectivity index (χ0v) is 17.1. The number of nitriles is 1. The van der Waals surface area contributed by atoms with Crippen molar-refractivity contribution in [2.24, 2.45) is 5.73 Å². The lowest BCUT2D eigenvalue weighted by Crippen LogP contribution is -2.22. The number of fused-ring (bicyclic) bond motifs is 2. The van der Waals surface area contributed by atoms with Crippen LogP contribution < -0.4 is 10.5 Å². The van der Waals surface area contributed by atoms with Crippen molar-refractivity contribution in [3.05, 3.63) is 101 Å². The van der Waals surface area contributed by atoms with E-state index in [9.17, 15) is 15.2 Å². The zero-order chi connectivity index (χ0) is 22.4. The summed E-state index contributed by atoms with van der Waals surface area (Å²) < 4.78 is 7.60. The molecule has 32 heavy (non-hydrogen) atoms. The van der Waals surface area contributed by atoms with E-state index >= 15 is 0 Å². The van der Waals surface area contributed by atoms with Crippen LogP contribution in [0.2, 0.25) is 0 Å². The van der Waals surface area contributed by atoms with Crippen molar-refractivity contribution in [3.8, 4) is 17.6 Å². The Morgan fingerprint density at radius 2 is 1.84 bits per heavy atom. The van der Waals surface area contributed by atoms with Crippen LogP contribution in [0.3, 0.4) is 0 Å². The molecule has 2 heterocycles. The van der Waals surface area contributed by atoms with Gasteiger partial charge in [0.05, 0.1) is 28.4 Å². The number of rotatable bonds is 3. The van der Waals surface area contributed by atoms with Gasteiger partial charge in [0.2, 0.25) is 11.8 Å². The molecule has 0 saturated carbocycles. The topological polar surface area (TPSA) is 114 Å². The van der Waals surface area contributed by atoms with Gasteiger partial charge in [-0.3, -0.25) is 0 Å². The van der Waals surface area contributed by atoms with E-state index in [2.05, 4.69) is 6.07 Å². The van der Waals surface area contributed by atoms with Gasteiger partial charge in [-0.2, -0.15) is 10.4 Å². The van der Waals surface area contributed by atoms with Crippen LogP contribution in [-0.4, -0.2) is 20.9 Å². The second kappa shape index (κ2) is 7.29. The molecule has 1 aliphatic rings. The van der Waals surface area contributed by atoms with Crippen molar-refractivity contribution in [1.29, 1.82) is 5.26 Å². The van der Waals surface area contributed by atoms with Crippen LogP contribution in [0.1, 0.15) is 33.1 Å². The van der Waals surface area contributed by atoms with Crippen molar-refractivity contribution in [1.82, 2.24) is 9.78 Å². The van der Waals surface area contributed by atoms with Crippen LogP contribution in [-0.2, 0) is 0 Å². The monoisotopic (exact) mass is 422 g/mol. The molecule has 1 aliphatic heterocycles. The number of nitrogens with two attached hydrogens (primary N) is 1. The number of carbonyl (C=O) groups is 1. The van der Waals surface area contributed by atoms with Crippen LogP contribution in [0.4, 0.5) is 0 Å². The highest BCUT2D eigenvalue weighted by atomic mass is 16.5. The third kappa shape index (κ3) is 2.97. The fraction of sp³-hybridized carbons (Fsp3) is 0.0800. The summed E-state index contributed by atoms with van der Waals surface area (Å²) in [5, 5.41) is 25.9.